The Morgan fingerprint density at radius 2 is 1.79 bits per heavy atom. The molecule has 1 aromatic carbocycles. The van der Waals surface area contributed by atoms with Crippen LogP contribution in [-0.4, -0.2) is 47.2 Å². The molecule has 1 fully saturated rings. The molecule has 2 heterocycles. The lowest BCUT2D eigenvalue weighted by Crippen LogP contribution is -2.26. The number of thiophene rings is 1. The minimum absolute atomic E-state index is 0.208. The van der Waals surface area contributed by atoms with Gasteiger partial charge in [-0.15, -0.1) is 11.3 Å². The molecule has 0 spiro atoms. The molecule has 0 unspecified atom stereocenters. The molecule has 2 aromatic rings. The molecule has 5 nitrogen and oxygen atoms in total. The summed E-state index contributed by atoms with van der Waals surface area (Å²) in [5, 5.41) is 18.4. The zero-order chi connectivity index (χ0) is 21.4. The number of carboxylic acids is 2. The van der Waals surface area contributed by atoms with E-state index in [0.717, 1.165) is 41.9 Å². The molecule has 3 rings (SSSR count). The Morgan fingerprint density at radius 3 is 2.31 bits per heavy atom. The second-order valence-electron chi connectivity index (χ2n) is 6.75. The summed E-state index contributed by atoms with van der Waals surface area (Å²) in [7, 11) is 2.15. The first-order chi connectivity index (χ1) is 13.7. The highest BCUT2D eigenvalue weighted by Gasteiger charge is 2.12. The molecule has 0 bridgehead atoms. The summed E-state index contributed by atoms with van der Waals surface area (Å²) in [4.78, 5) is 22.6. The average Bonchev–Trinajstić information content (AvgIpc) is 3.10. The van der Waals surface area contributed by atoms with Crippen LogP contribution in [0.4, 0.5) is 4.39 Å². The van der Waals surface area contributed by atoms with E-state index in [9.17, 15) is 14.0 Å². The maximum atomic E-state index is 13.6. The second-order valence-corrected chi connectivity index (χ2v) is 8.10. The van der Waals surface area contributed by atoms with Gasteiger partial charge in [-0.1, -0.05) is 29.3 Å². The van der Waals surface area contributed by atoms with Gasteiger partial charge in [-0.3, -0.25) is 9.59 Å². The molecule has 0 saturated carbocycles. The predicted octanol–water partition coefficient (Wildman–Crippen LogP) is 5.25. The van der Waals surface area contributed by atoms with Crippen LogP contribution in [-0.2, 0) is 9.59 Å². The third-order valence-electron chi connectivity index (χ3n) is 4.39. The summed E-state index contributed by atoms with van der Waals surface area (Å²) in [6, 6.07) is 6.89. The van der Waals surface area contributed by atoms with E-state index in [-0.39, 0.29) is 18.7 Å². The van der Waals surface area contributed by atoms with Crippen molar-refractivity contribution in [3.8, 4) is 10.4 Å². The van der Waals surface area contributed by atoms with E-state index < -0.39 is 11.9 Å². The van der Waals surface area contributed by atoms with Gasteiger partial charge in [-0.25, -0.2) is 4.39 Å². The number of carboxylic acid groups (broad SMARTS) is 2. The average molecular weight is 440 g/mol. The lowest BCUT2D eigenvalue weighted by molar-refractivity contribution is -0.143. The molecular formula is C21H23ClFNO4S. The monoisotopic (exact) mass is 439 g/mol. The van der Waals surface area contributed by atoms with Crippen LogP contribution in [0.25, 0.3) is 16.5 Å². The zero-order valence-corrected chi connectivity index (χ0v) is 17.6. The number of halogens is 2. The summed E-state index contributed by atoms with van der Waals surface area (Å²) < 4.78 is 13.6. The highest BCUT2D eigenvalue weighted by molar-refractivity contribution is 7.14. The van der Waals surface area contributed by atoms with E-state index >= 15 is 0 Å². The van der Waals surface area contributed by atoms with Gasteiger partial charge >= 0.3 is 11.9 Å². The first-order valence-electron chi connectivity index (χ1n) is 9.10. The summed E-state index contributed by atoms with van der Waals surface area (Å²) in [5.74, 6) is -2.36. The molecule has 0 amide bonds. The molecule has 1 aliphatic heterocycles. The third-order valence-corrected chi connectivity index (χ3v) is 5.70. The van der Waals surface area contributed by atoms with Gasteiger partial charge < -0.3 is 15.1 Å². The van der Waals surface area contributed by atoms with Crippen molar-refractivity contribution in [1.82, 2.24) is 4.90 Å². The van der Waals surface area contributed by atoms with Crippen LogP contribution in [0.2, 0.25) is 5.02 Å². The number of nitrogens with zero attached hydrogens (tertiary/aromatic N) is 1. The highest BCUT2D eigenvalue weighted by atomic mass is 35.5. The molecule has 0 atom stereocenters. The molecule has 0 aliphatic carbocycles. The second kappa shape index (κ2) is 11.1. The Bertz CT molecular complexity index is 873. The Labute approximate surface area is 178 Å². The number of benzene rings is 1. The Hall–Kier alpha value is -2.22. The number of hydrogen-bond donors (Lipinski definition) is 2. The van der Waals surface area contributed by atoms with Gasteiger partial charge in [-0.05, 0) is 43.7 Å². The summed E-state index contributed by atoms with van der Waals surface area (Å²) in [6.45, 7) is 2.18. The molecule has 1 aromatic heterocycles. The van der Waals surface area contributed by atoms with E-state index in [4.69, 9.17) is 21.8 Å². The number of hydrogen-bond acceptors (Lipinski definition) is 4. The Kier molecular flexibility index (Phi) is 8.82. The van der Waals surface area contributed by atoms with Gasteiger partial charge in [-0.2, -0.15) is 0 Å². The van der Waals surface area contributed by atoms with Gasteiger partial charge in [0.05, 0.1) is 17.9 Å². The van der Waals surface area contributed by atoms with Crippen molar-refractivity contribution in [2.24, 2.45) is 0 Å². The lowest BCUT2D eigenvalue weighted by Gasteiger charge is -2.24. The van der Waals surface area contributed by atoms with Crippen molar-refractivity contribution < 1.29 is 24.2 Å². The van der Waals surface area contributed by atoms with E-state index in [1.165, 1.54) is 11.6 Å². The molecule has 29 heavy (non-hydrogen) atoms. The van der Waals surface area contributed by atoms with Crippen LogP contribution in [0.1, 0.15) is 31.2 Å². The summed E-state index contributed by atoms with van der Waals surface area (Å²) in [5.41, 5.74) is 3.44. The third kappa shape index (κ3) is 7.97. The number of likely N-dealkylation sites (tertiary alicyclic amines) is 1. The summed E-state index contributed by atoms with van der Waals surface area (Å²) >= 11 is 7.56. The molecular weight excluding hydrogens is 417 g/mol. The van der Waals surface area contributed by atoms with Gasteiger partial charge in [0.1, 0.15) is 5.82 Å². The maximum absolute atomic E-state index is 13.6. The maximum Gasteiger partial charge on any atom is 0.303 e. The van der Waals surface area contributed by atoms with Gasteiger partial charge in [0.2, 0.25) is 0 Å². The SMILES string of the molecule is CN1CCC(=Cc2ccc(F)cc2-c2cc(Cl)cs2)CC1.O=C(O)CCC(=O)O. The van der Waals surface area contributed by atoms with E-state index in [2.05, 4.69) is 18.0 Å². The minimum Gasteiger partial charge on any atom is -0.481 e. The van der Waals surface area contributed by atoms with Crippen molar-refractivity contribution >= 4 is 41.0 Å². The van der Waals surface area contributed by atoms with Crippen LogP contribution in [0, 0.1) is 5.82 Å². The lowest BCUT2D eigenvalue weighted by atomic mass is 9.98. The van der Waals surface area contributed by atoms with E-state index in [1.54, 1.807) is 17.4 Å². The van der Waals surface area contributed by atoms with Crippen molar-refractivity contribution in [1.29, 1.82) is 0 Å². The number of aliphatic carboxylic acids is 2. The van der Waals surface area contributed by atoms with Crippen LogP contribution >= 0.6 is 22.9 Å². The van der Waals surface area contributed by atoms with Crippen molar-refractivity contribution in [2.75, 3.05) is 20.1 Å². The molecule has 8 heteroatoms. The highest BCUT2D eigenvalue weighted by Crippen LogP contribution is 2.34. The van der Waals surface area contributed by atoms with Crippen molar-refractivity contribution in [3.05, 3.63) is 51.6 Å². The van der Waals surface area contributed by atoms with E-state index in [0.29, 0.717) is 5.02 Å². The Balaban J connectivity index is 0.000000321. The van der Waals surface area contributed by atoms with Gasteiger partial charge in [0.25, 0.3) is 0 Å². The zero-order valence-electron chi connectivity index (χ0n) is 16.0. The molecule has 156 valence electrons. The predicted molar refractivity (Wildman–Crippen MR) is 114 cm³/mol. The van der Waals surface area contributed by atoms with Crippen molar-refractivity contribution in [2.45, 2.75) is 25.7 Å². The van der Waals surface area contributed by atoms with Crippen LogP contribution in [0.5, 0.6) is 0 Å². The normalized spacial score (nSPS) is 14.1. The van der Waals surface area contributed by atoms with Crippen LogP contribution < -0.4 is 0 Å². The fourth-order valence-electron chi connectivity index (χ4n) is 2.81. The summed E-state index contributed by atoms with van der Waals surface area (Å²) in [6.07, 6.45) is 3.79. The smallest absolute Gasteiger partial charge is 0.303 e. The topological polar surface area (TPSA) is 77.8 Å². The number of rotatable bonds is 5. The Morgan fingerprint density at radius 1 is 1.17 bits per heavy atom. The standard InChI is InChI=1S/C17H17ClFNS.C4H6O4/c1-20-6-4-12(5-7-20)8-13-2-3-15(19)10-16(13)17-9-14(18)11-21-17;5-3(6)1-2-4(7)8/h2-3,8-11H,4-7H2,1H3;1-2H2,(H,5,6)(H,7,8). The van der Waals surface area contributed by atoms with Crippen molar-refractivity contribution in [3.63, 3.8) is 0 Å². The van der Waals surface area contributed by atoms with Crippen LogP contribution in [0.3, 0.4) is 0 Å². The number of carbonyl (C=O) groups is 2. The van der Waals surface area contributed by atoms with E-state index in [1.807, 2.05) is 17.5 Å². The largest absolute Gasteiger partial charge is 0.481 e. The molecule has 1 aliphatic rings. The fourth-order valence-corrected chi connectivity index (χ4v) is 3.92. The first kappa shape index (κ1) is 23.1. The first-order valence-corrected chi connectivity index (χ1v) is 10.4. The fraction of sp³-hybridized carbons (Fsp3) is 0.333. The molecule has 0 radical (unpaired) electrons. The quantitative estimate of drug-likeness (QED) is 0.665. The minimum atomic E-state index is -1.08. The van der Waals surface area contributed by atoms with Crippen LogP contribution in [0.15, 0.2) is 35.2 Å². The molecule has 2 N–H and O–H groups in total. The van der Waals surface area contributed by atoms with Gasteiger partial charge in [0.15, 0.2) is 0 Å². The molecule has 1 saturated heterocycles. The van der Waals surface area contributed by atoms with Gasteiger partial charge in [0, 0.05) is 28.9 Å². The number of piperidine rings is 1.